The van der Waals surface area contributed by atoms with E-state index < -0.39 is 45.8 Å². The number of likely N-dealkylation sites (tertiary alicyclic amines) is 2. The lowest BCUT2D eigenvalue weighted by atomic mass is 9.84. The molecule has 2 fully saturated rings. The molecular weight excluding hydrogens is 608 g/mol. The Morgan fingerprint density at radius 1 is 1.04 bits per heavy atom. The number of hydrogen-bond acceptors (Lipinski definition) is 5. The van der Waals surface area contributed by atoms with Crippen molar-refractivity contribution in [3.63, 3.8) is 0 Å². The second kappa shape index (κ2) is 12.2. The second-order valence-electron chi connectivity index (χ2n) is 12.2. The summed E-state index contributed by atoms with van der Waals surface area (Å²) < 4.78 is 83.9. The number of piperidine rings is 1. The maximum atomic E-state index is 15.2. The van der Waals surface area contributed by atoms with Gasteiger partial charge >= 0.3 is 0 Å². The van der Waals surface area contributed by atoms with Crippen molar-refractivity contribution >= 4 is 15.7 Å². The Morgan fingerprint density at radius 3 is 2.42 bits per heavy atom. The van der Waals surface area contributed by atoms with Gasteiger partial charge in [0.15, 0.2) is 9.84 Å². The second-order valence-corrected chi connectivity index (χ2v) is 14.2. The van der Waals surface area contributed by atoms with Crippen LogP contribution in [-0.4, -0.2) is 72.3 Å². The Bertz CT molecular complexity index is 1750. The zero-order valence-electron chi connectivity index (χ0n) is 24.8. The van der Waals surface area contributed by atoms with E-state index in [1.54, 1.807) is 35.0 Å². The number of halogens is 4. The van der Waals surface area contributed by atoms with Crippen LogP contribution >= 0.6 is 0 Å². The lowest BCUT2D eigenvalue weighted by Crippen LogP contribution is -2.35. The molecular formula is C33H34F4N4O3S. The third kappa shape index (κ3) is 6.48. The van der Waals surface area contributed by atoms with E-state index in [9.17, 15) is 22.0 Å². The highest BCUT2D eigenvalue weighted by Crippen LogP contribution is 2.42. The lowest BCUT2D eigenvalue weighted by molar-refractivity contribution is -0.0390. The maximum absolute atomic E-state index is 15.2. The number of allylic oxidation sites excluding steroid dienone is 4. The number of sulfone groups is 1. The fraction of sp³-hybridized carbons (Fsp3) is 0.394. The molecule has 2 saturated heterocycles. The largest absolute Gasteiger partial charge is 0.332 e. The summed E-state index contributed by atoms with van der Waals surface area (Å²) in [7, 11) is -3.67. The number of amides is 1. The fourth-order valence-corrected chi connectivity index (χ4v) is 7.48. The van der Waals surface area contributed by atoms with Gasteiger partial charge in [-0.2, -0.15) is 5.10 Å². The molecule has 3 heterocycles. The molecule has 0 spiro atoms. The van der Waals surface area contributed by atoms with Crippen LogP contribution < -0.4 is 0 Å². The summed E-state index contributed by atoms with van der Waals surface area (Å²) in [4.78, 5) is 16.9. The van der Waals surface area contributed by atoms with Gasteiger partial charge < -0.3 is 4.90 Å². The van der Waals surface area contributed by atoms with Gasteiger partial charge in [-0.3, -0.25) is 9.69 Å². The van der Waals surface area contributed by atoms with Crippen LogP contribution in [0, 0.1) is 23.5 Å². The number of benzene rings is 2. The SMILES string of the molecule is CS(=O)(=O)c1ccc(CN2CCC(c3c(C(=O)N4CC(C5C=CC=CC5)C(F)(F)C4)cnn3-c3ccc(F)cc3)CC2)cc1F. The van der Waals surface area contributed by atoms with Gasteiger partial charge in [-0.1, -0.05) is 30.4 Å². The molecule has 12 heteroatoms. The van der Waals surface area contributed by atoms with Crippen molar-refractivity contribution in [2.24, 2.45) is 11.8 Å². The Hall–Kier alpha value is -3.77. The number of carbonyl (C=O) groups is 1. The third-order valence-electron chi connectivity index (χ3n) is 9.06. The first kappa shape index (κ1) is 31.2. The number of hydrogen-bond donors (Lipinski definition) is 0. The van der Waals surface area contributed by atoms with E-state index in [0.29, 0.717) is 55.8 Å². The van der Waals surface area contributed by atoms with E-state index >= 15 is 8.78 Å². The van der Waals surface area contributed by atoms with Gasteiger partial charge in [0.1, 0.15) is 16.5 Å². The van der Waals surface area contributed by atoms with Gasteiger partial charge in [0.2, 0.25) is 0 Å². The minimum atomic E-state index is -3.67. The molecule has 0 saturated carbocycles. The summed E-state index contributed by atoms with van der Waals surface area (Å²) in [5, 5.41) is 4.49. The Kier molecular flexibility index (Phi) is 8.47. The average Bonchev–Trinajstić information content (AvgIpc) is 3.58. The molecule has 2 aliphatic heterocycles. The van der Waals surface area contributed by atoms with E-state index in [2.05, 4.69) is 10.00 Å². The first-order chi connectivity index (χ1) is 21.4. The Labute approximate surface area is 259 Å². The van der Waals surface area contributed by atoms with E-state index in [4.69, 9.17) is 0 Å². The van der Waals surface area contributed by atoms with Crippen molar-refractivity contribution in [1.82, 2.24) is 19.6 Å². The Morgan fingerprint density at radius 2 is 1.78 bits per heavy atom. The first-order valence-electron chi connectivity index (χ1n) is 15.0. The summed E-state index contributed by atoms with van der Waals surface area (Å²) in [5.41, 5.74) is 2.05. The van der Waals surface area contributed by atoms with Crippen LogP contribution in [0.1, 0.15) is 46.8 Å². The summed E-state index contributed by atoms with van der Waals surface area (Å²) in [6.07, 6.45) is 11.4. The molecule has 3 aliphatic rings. The van der Waals surface area contributed by atoms with Gasteiger partial charge in [0.25, 0.3) is 11.8 Å². The van der Waals surface area contributed by atoms with Gasteiger partial charge in [-0.25, -0.2) is 30.7 Å². The highest BCUT2D eigenvalue weighted by molar-refractivity contribution is 7.90. The summed E-state index contributed by atoms with van der Waals surface area (Å²) in [5.74, 6) is -6.24. The molecule has 238 valence electrons. The summed E-state index contributed by atoms with van der Waals surface area (Å²) in [6.45, 7) is 0.856. The average molecular weight is 643 g/mol. The number of rotatable bonds is 7. The summed E-state index contributed by atoms with van der Waals surface area (Å²) in [6, 6.07) is 9.85. The van der Waals surface area contributed by atoms with Crippen molar-refractivity contribution < 1.29 is 30.8 Å². The summed E-state index contributed by atoms with van der Waals surface area (Å²) >= 11 is 0. The third-order valence-corrected chi connectivity index (χ3v) is 10.2. The highest BCUT2D eigenvalue weighted by atomic mass is 32.2. The lowest BCUT2D eigenvalue weighted by Gasteiger charge is -2.33. The van der Waals surface area contributed by atoms with Crippen LogP contribution in [0.3, 0.4) is 0 Å². The number of aromatic nitrogens is 2. The van der Waals surface area contributed by atoms with Crippen LogP contribution in [0.2, 0.25) is 0 Å². The molecule has 2 atom stereocenters. The zero-order valence-corrected chi connectivity index (χ0v) is 25.6. The molecule has 7 nitrogen and oxygen atoms in total. The minimum absolute atomic E-state index is 0.0665. The van der Waals surface area contributed by atoms with Gasteiger partial charge in [-0.15, -0.1) is 0 Å². The maximum Gasteiger partial charge on any atom is 0.270 e. The molecule has 0 N–H and O–H groups in total. The van der Waals surface area contributed by atoms with E-state index in [-0.39, 0.29) is 28.8 Å². The topological polar surface area (TPSA) is 75.5 Å². The van der Waals surface area contributed by atoms with Crippen LogP contribution in [0.5, 0.6) is 0 Å². The smallest absolute Gasteiger partial charge is 0.270 e. The van der Waals surface area contributed by atoms with Gasteiger partial charge in [0, 0.05) is 31.2 Å². The Balaban J connectivity index is 1.23. The molecule has 1 aromatic heterocycles. The van der Waals surface area contributed by atoms with Crippen molar-refractivity contribution in [3.05, 3.63) is 101 Å². The number of carbonyl (C=O) groups excluding carboxylic acids is 1. The number of alkyl halides is 2. The standard InChI is InChI=1S/C33H34F4N4O3S/c1-45(43,44)30-12-7-22(17-29(30)35)19-39-15-13-24(14-16-39)31-27(18-38-41(31)26-10-8-25(34)9-11-26)32(42)40-20-28(33(36,37)21-40)23-5-3-2-4-6-23/h2-5,7-12,17-18,23-24,28H,6,13-16,19-21H2,1H3. The molecule has 2 aromatic carbocycles. The zero-order chi connectivity index (χ0) is 31.9. The molecule has 1 amide bonds. The van der Waals surface area contributed by atoms with Crippen molar-refractivity contribution in [1.29, 1.82) is 0 Å². The molecule has 6 rings (SSSR count). The quantitative estimate of drug-likeness (QED) is 0.306. The van der Waals surface area contributed by atoms with Crippen LogP contribution in [0.25, 0.3) is 5.69 Å². The number of nitrogens with zero attached hydrogens (tertiary/aromatic N) is 4. The fourth-order valence-electron chi connectivity index (χ4n) is 6.75. The molecule has 3 aromatic rings. The molecule has 1 aliphatic carbocycles. The van der Waals surface area contributed by atoms with Crippen LogP contribution in [-0.2, 0) is 16.4 Å². The van der Waals surface area contributed by atoms with Crippen molar-refractivity contribution in [3.8, 4) is 5.69 Å². The predicted molar refractivity (Wildman–Crippen MR) is 161 cm³/mol. The highest BCUT2D eigenvalue weighted by Gasteiger charge is 2.52. The molecule has 45 heavy (non-hydrogen) atoms. The first-order valence-corrected chi connectivity index (χ1v) is 16.8. The predicted octanol–water partition coefficient (Wildman–Crippen LogP) is 5.77. The minimum Gasteiger partial charge on any atom is -0.332 e. The van der Waals surface area contributed by atoms with E-state index in [0.717, 1.165) is 6.26 Å². The molecule has 0 radical (unpaired) electrons. The van der Waals surface area contributed by atoms with Gasteiger partial charge in [0.05, 0.1) is 29.7 Å². The van der Waals surface area contributed by atoms with Crippen molar-refractivity contribution in [2.45, 2.75) is 42.5 Å². The van der Waals surface area contributed by atoms with Crippen LogP contribution in [0.4, 0.5) is 17.6 Å². The van der Waals surface area contributed by atoms with Crippen LogP contribution in [0.15, 0.2) is 77.9 Å². The molecule has 2 unspecified atom stereocenters. The molecule has 0 bridgehead atoms. The normalized spacial score (nSPS) is 22.3. The monoisotopic (exact) mass is 642 g/mol. The van der Waals surface area contributed by atoms with Crippen molar-refractivity contribution in [2.75, 3.05) is 32.4 Å². The van der Waals surface area contributed by atoms with Gasteiger partial charge in [-0.05, 0) is 80.2 Å². The van der Waals surface area contributed by atoms with E-state index in [1.807, 2.05) is 12.2 Å². The van der Waals surface area contributed by atoms with E-state index in [1.165, 1.54) is 35.4 Å².